The van der Waals surface area contributed by atoms with Crippen LogP contribution in [0.4, 0.5) is 0 Å². The summed E-state index contributed by atoms with van der Waals surface area (Å²) >= 11 is 0. The van der Waals surface area contributed by atoms with E-state index in [0.29, 0.717) is 22.6 Å². The molecule has 29 heavy (non-hydrogen) atoms. The molecule has 4 rings (SSSR count). The maximum atomic E-state index is 13.7. The Bertz CT molecular complexity index is 1110. The van der Waals surface area contributed by atoms with Crippen LogP contribution in [0.1, 0.15) is 22.3 Å². The molecule has 0 radical (unpaired) electrons. The normalized spacial score (nSPS) is 11.3. The van der Waals surface area contributed by atoms with Gasteiger partial charge in [-0.25, -0.2) is 8.42 Å². The Morgan fingerprint density at radius 3 is 1.21 bits per heavy atom. The van der Waals surface area contributed by atoms with Gasteiger partial charge in [-0.05, 0) is 47.2 Å². The maximum Gasteiger partial charge on any atom is 0.207 e. The molecule has 4 aromatic carbocycles. The molecule has 0 spiro atoms. The van der Waals surface area contributed by atoms with Crippen molar-refractivity contribution < 1.29 is 8.42 Å². The summed E-state index contributed by atoms with van der Waals surface area (Å²) < 4.78 is 27.3. The van der Waals surface area contributed by atoms with Gasteiger partial charge in [-0.2, -0.15) is 0 Å². The average Bonchev–Trinajstić information content (AvgIpc) is 2.76. The van der Waals surface area contributed by atoms with Crippen LogP contribution in [0.2, 0.25) is 0 Å². The molecular formula is C26H22O2S. The van der Waals surface area contributed by atoms with E-state index in [1.807, 2.05) is 84.9 Å². The first-order chi connectivity index (χ1) is 14.1. The van der Waals surface area contributed by atoms with Crippen LogP contribution in [0.15, 0.2) is 119 Å². The van der Waals surface area contributed by atoms with Crippen molar-refractivity contribution in [1.82, 2.24) is 0 Å². The fourth-order valence-electron chi connectivity index (χ4n) is 3.57. The number of hydrogen-bond donors (Lipinski definition) is 0. The molecule has 0 aliphatic heterocycles. The van der Waals surface area contributed by atoms with E-state index >= 15 is 0 Å². The Labute approximate surface area is 172 Å². The van der Waals surface area contributed by atoms with Gasteiger partial charge in [-0.3, -0.25) is 0 Å². The summed E-state index contributed by atoms with van der Waals surface area (Å²) in [7, 11) is -3.64. The molecule has 0 saturated heterocycles. The Morgan fingerprint density at radius 2 is 0.793 bits per heavy atom. The SMILES string of the molecule is O=S(=O)(c1ccccc1Cc1ccccc1)c1ccccc1Cc1ccccc1. The van der Waals surface area contributed by atoms with E-state index in [-0.39, 0.29) is 0 Å². The van der Waals surface area contributed by atoms with Crippen molar-refractivity contribution in [2.24, 2.45) is 0 Å². The second-order valence-corrected chi connectivity index (χ2v) is 8.93. The molecule has 144 valence electrons. The van der Waals surface area contributed by atoms with Crippen LogP contribution in [0.5, 0.6) is 0 Å². The minimum atomic E-state index is -3.64. The molecule has 0 aliphatic rings. The molecule has 0 amide bonds. The zero-order valence-corrected chi connectivity index (χ0v) is 16.8. The van der Waals surface area contributed by atoms with Crippen LogP contribution in [0.3, 0.4) is 0 Å². The van der Waals surface area contributed by atoms with Crippen molar-refractivity contribution in [3.8, 4) is 0 Å². The highest BCUT2D eigenvalue weighted by Gasteiger charge is 2.23. The van der Waals surface area contributed by atoms with Crippen molar-refractivity contribution in [2.75, 3.05) is 0 Å². The average molecular weight is 399 g/mol. The third kappa shape index (κ3) is 4.30. The lowest BCUT2D eigenvalue weighted by Crippen LogP contribution is -2.09. The highest BCUT2D eigenvalue weighted by molar-refractivity contribution is 7.91. The molecule has 3 heteroatoms. The van der Waals surface area contributed by atoms with Crippen molar-refractivity contribution in [3.05, 3.63) is 131 Å². The fraction of sp³-hybridized carbons (Fsp3) is 0.0769. The Hall–Kier alpha value is -3.17. The zero-order valence-electron chi connectivity index (χ0n) is 16.0. The van der Waals surface area contributed by atoms with Crippen molar-refractivity contribution >= 4 is 9.84 Å². The first kappa shape index (κ1) is 19.2. The molecule has 0 saturated carbocycles. The smallest absolute Gasteiger partial charge is 0.207 e. The van der Waals surface area contributed by atoms with E-state index in [1.165, 1.54) is 0 Å². The minimum Gasteiger partial charge on any atom is -0.218 e. The van der Waals surface area contributed by atoms with Crippen molar-refractivity contribution in [1.29, 1.82) is 0 Å². The predicted octanol–water partition coefficient (Wildman–Crippen LogP) is 5.70. The molecule has 0 fully saturated rings. The fourth-order valence-corrected chi connectivity index (χ4v) is 5.30. The molecule has 0 aliphatic carbocycles. The van der Waals surface area contributed by atoms with Crippen LogP contribution < -0.4 is 0 Å². The topological polar surface area (TPSA) is 34.1 Å². The highest BCUT2D eigenvalue weighted by atomic mass is 32.2. The monoisotopic (exact) mass is 398 g/mol. The van der Waals surface area contributed by atoms with Crippen LogP contribution in [0, 0.1) is 0 Å². The zero-order chi connectivity index (χ0) is 20.1. The summed E-state index contributed by atoms with van der Waals surface area (Å²) in [6, 6.07) is 34.5. The van der Waals surface area contributed by atoms with Gasteiger partial charge in [-0.15, -0.1) is 0 Å². The van der Waals surface area contributed by atoms with E-state index in [1.54, 1.807) is 24.3 Å². The number of sulfone groups is 1. The summed E-state index contributed by atoms with van der Waals surface area (Å²) in [6.45, 7) is 0. The van der Waals surface area contributed by atoms with Gasteiger partial charge in [-0.1, -0.05) is 97.1 Å². The number of benzene rings is 4. The van der Waals surface area contributed by atoms with Crippen molar-refractivity contribution in [3.63, 3.8) is 0 Å². The highest BCUT2D eigenvalue weighted by Crippen LogP contribution is 2.29. The summed E-state index contributed by atoms with van der Waals surface area (Å²) in [4.78, 5) is 0.758. The number of hydrogen-bond acceptors (Lipinski definition) is 2. The third-order valence-corrected chi connectivity index (χ3v) is 6.95. The van der Waals surface area contributed by atoms with E-state index in [2.05, 4.69) is 0 Å². The Kier molecular flexibility index (Phi) is 5.59. The van der Waals surface area contributed by atoms with E-state index < -0.39 is 9.84 Å². The second-order valence-electron chi connectivity index (χ2n) is 7.04. The summed E-state index contributed by atoms with van der Waals surface area (Å²) in [5, 5.41) is 0. The lowest BCUT2D eigenvalue weighted by atomic mass is 10.1. The minimum absolute atomic E-state index is 0.379. The van der Waals surface area contributed by atoms with Crippen LogP contribution in [-0.4, -0.2) is 8.42 Å². The van der Waals surface area contributed by atoms with Gasteiger partial charge in [0.05, 0.1) is 9.79 Å². The lowest BCUT2D eigenvalue weighted by molar-refractivity contribution is 0.594. The molecule has 2 nitrogen and oxygen atoms in total. The summed E-state index contributed by atoms with van der Waals surface area (Å²) in [5.74, 6) is 0. The second kappa shape index (κ2) is 8.46. The van der Waals surface area contributed by atoms with Gasteiger partial charge in [0.2, 0.25) is 9.84 Å². The molecule has 0 aromatic heterocycles. The molecule has 0 N–H and O–H groups in total. The first-order valence-corrected chi connectivity index (χ1v) is 11.1. The maximum absolute atomic E-state index is 13.7. The lowest BCUT2D eigenvalue weighted by Gasteiger charge is -2.14. The Balaban J connectivity index is 1.75. The van der Waals surface area contributed by atoms with Crippen LogP contribution in [0.25, 0.3) is 0 Å². The van der Waals surface area contributed by atoms with E-state index in [0.717, 1.165) is 22.3 Å². The van der Waals surface area contributed by atoms with Crippen molar-refractivity contribution in [2.45, 2.75) is 22.6 Å². The molecule has 0 atom stereocenters. The van der Waals surface area contributed by atoms with Gasteiger partial charge in [0.25, 0.3) is 0 Å². The third-order valence-electron chi connectivity index (χ3n) is 5.00. The standard InChI is InChI=1S/C26H22O2S/c27-29(28,25-17-9-7-15-23(25)19-21-11-3-1-4-12-21)26-18-10-8-16-24(26)20-22-13-5-2-6-14-22/h1-18H,19-20H2. The van der Waals surface area contributed by atoms with Crippen LogP contribution in [-0.2, 0) is 22.7 Å². The molecule has 0 bridgehead atoms. The quantitative estimate of drug-likeness (QED) is 0.417. The van der Waals surface area contributed by atoms with Gasteiger partial charge < -0.3 is 0 Å². The van der Waals surface area contributed by atoms with Gasteiger partial charge in [0.1, 0.15) is 0 Å². The molecule has 0 unspecified atom stereocenters. The first-order valence-electron chi connectivity index (χ1n) is 9.63. The largest absolute Gasteiger partial charge is 0.218 e. The van der Waals surface area contributed by atoms with E-state index in [9.17, 15) is 8.42 Å². The van der Waals surface area contributed by atoms with E-state index in [4.69, 9.17) is 0 Å². The number of rotatable bonds is 6. The predicted molar refractivity (Wildman–Crippen MR) is 117 cm³/mol. The van der Waals surface area contributed by atoms with Gasteiger partial charge in [0, 0.05) is 0 Å². The van der Waals surface area contributed by atoms with Gasteiger partial charge >= 0.3 is 0 Å². The van der Waals surface area contributed by atoms with Gasteiger partial charge in [0.15, 0.2) is 0 Å². The molecule has 4 aromatic rings. The molecule has 0 heterocycles. The summed E-state index contributed by atoms with van der Waals surface area (Å²) in [5.41, 5.74) is 3.81. The Morgan fingerprint density at radius 1 is 0.448 bits per heavy atom. The summed E-state index contributed by atoms with van der Waals surface area (Å²) in [6.07, 6.45) is 1.16. The molecular weight excluding hydrogens is 376 g/mol. The van der Waals surface area contributed by atoms with Crippen LogP contribution >= 0.6 is 0 Å².